The van der Waals surface area contributed by atoms with Crippen molar-refractivity contribution in [2.45, 2.75) is 45.4 Å². The summed E-state index contributed by atoms with van der Waals surface area (Å²) in [5.41, 5.74) is 12.8. The van der Waals surface area contributed by atoms with Gasteiger partial charge in [0.15, 0.2) is 0 Å². The molecule has 0 N–H and O–H groups in total. The molecule has 3 nitrogen and oxygen atoms in total. The van der Waals surface area contributed by atoms with Crippen LogP contribution in [0, 0.1) is 11.3 Å². The van der Waals surface area contributed by atoms with Gasteiger partial charge in [-0.25, -0.2) is 0 Å². The van der Waals surface area contributed by atoms with E-state index in [2.05, 4.69) is 175 Å². The van der Waals surface area contributed by atoms with Crippen molar-refractivity contribution in [2.75, 3.05) is 16.3 Å². The molecular weight excluding hydrogens is 639 g/mol. The van der Waals surface area contributed by atoms with Crippen molar-refractivity contribution in [3.05, 3.63) is 189 Å². The van der Waals surface area contributed by atoms with Crippen molar-refractivity contribution in [1.29, 1.82) is 5.26 Å². The number of nitriles is 1. The van der Waals surface area contributed by atoms with E-state index >= 15 is 0 Å². The second kappa shape index (κ2) is 14.3. The van der Waals surface area contributed by atoms with Crippen LogP contribution in [0.4, 0.5) is 11.4 Å². The Bertz CT molecular complexity index is 2330. The van der Waals surface area contributed by atoms with Crippen LogP contribution in [0.15, 0.2) is 168 Å². The Morgan fingerprint density at radius 3 is 2.61 bits per heavy atom. The van der Waals surface area contributed by atoms with Gasteiger partial charge in [0.2, 0.25) is 0 Å². The van der Waals surface area contributed by atoms with Gasteiger partial charge in [0.05, 0.1) is 17.5 Å². The van der Waals surface area contributed by atoms with Crippen LogP contribution in [0.3, 0.4) is 0 Å². The Kier molecular flexibility index (Phi) is 9.14. The molecule has 250 valence electrons. The van der Waals surface area contributed by atoms with Gasteiger partial charge in [-0.3, -0.25) is 0 Å². The highest BCUT2D eigenvalue weighted by molar-refractivity contribution is 7.19. The monoisotopic (exact) mass is 679 g/mol. The van der Waals surface area contributed by atoms with E-state index in [1.165, 1.54) is 43.0 Å². The Morgan fingerprint density at radius 2 is 1.76 bits per heavy atom. The number of fused-ring (bicyclic) bond motifs is 6. The zero-order valence-electron chi connectivity index (χ0n) is 29.2. The molecule has 4 aliphatic rings. The summed E-state index contributed by atoms with van der Waals surface area (Å²) >= 11 is 1.89. The first kappa shape index (κ1) is 32.6. The van der Waals surface area contributed by atoms with Crippen LogP contribution >= 0.6 is 11.3 Å². The highest BCUT2D eigenvalue weighted by Crippen LogP contribution is 2.48. The normalized spacial score (nSPS) is 19.7. The van der Waals surface area contributed by atoms with E-state index in [0.29, 0.717) is 6.42 Å². The van der Waals surface area contributed by atoms with Crippen LogP contribution in [0.2, 0.25) is 0 Å². The lowest BCUT2D eigenvalue weighted by molar-refractivity contribution is 0.926. The summed E-state index contributed by atoms with van der Waals surface area (Å²) in [6.45, 7) is 5.09. The first-order chi connectivity index (χ1) is 25.2. The zero-order chi connectivity index (χ0) is 34.7. The number of rotatable bonds is 6. The lowest BCUT2D eigenvalue weighted by atomic mass is 9.88. The molecule has 1 unspecified atom stereocenters. The fourth-order valence-corrected chi connectivity index (χ4v) is 9.19. The predicted octanol–water partition coefficient (Wildman–Crippen LogP) is 12.3. The molecule has 0 fully saturated rings. The van der Waals surface area contributed by atoms with Gasteiger partial charge in [-0.2, -0.15) is 5.26 Å². The highest BCUT2D eigenvalue weighted by Gasteiger charge is 2.31. The van der Waals surface area contributed by atoms with Gasteiger partial charge in [-0.1, -0.05) is 129 Å². The minimum atomic E-state index is 0.209. The molecule has 0 amide bonds. The van der Waals surface area contributed by atoms with Gasteiger partial charge in [0.25, 0.3) is 0 Å². The molecule has 4 aromatic rings. The molecule has 0 saturated carbocycles. The summed E-state index contributed by atoms with van der Waals surface area (Å²) in [6.07, 6.45) is 30.2. The summed E-state index contributed by atoms with van der Waals surface area (Å²) in [4.78, 5) is 6.21. The average Bonchev–Trinajstić information content (AvgIpc) is 3.31. The first-order valence-electron chi connectivity index (χ1n) is 18.0. The van der Waals surface area contributed by atoms with Crippen LogP contribution < -0.4 is 9.80 Å². The topological polar surface area (TPSA) is 30.3 Å². The molecule has 2 bridgehead atoms. The predicted molar refractivity (Wildman–Crippen MR) is 217 cm³/mol. The van der Waals surface area contributed by atoms with Gasteiger partial charge in [0, 0.05) is 67.6 Å². The van der Waals surface area contributed by atoms with Gasteiger partial charge in [-0.15, -0.1) is 11.3 Å². The minimum absolute atomic E-state index is 0.209. The summed E-state index contributed by atoms with van der Waals surface area (Å²) in [5, 5.41) is 12.1. The Hall–Kier alpha value is -5.63. The molecule has 2 aliphatic carbocycles. The van der Waals surface area contributed by atoms with Gasteiger partial charge >= 0.3 is 0 Å². The van der Waals surface area contributed by atoms with Crippen molar-refractivity contribution < 1.29 is 0 Å². The zero-order valence-corrected chi connectivity index (χ0v) is 30.0. The summed E-state index contributed by atoms with van der Waals surface area (Å²) in [6, 6.07) is 28.9. The SMILES string of the molecule is C/C=C(\C(=C(\C#N)CCC)c1cccc2c3c(sc12)CC1=C(C=C3)C/C=C\C=C/CN1c1ccccc1)N1C2=CC(C=CC=C2)c2ccccc21. The summed E-state index contributed by atoms with van der Waals surface area (Å²) in [5.74, 6) is 0.209. The van der Waals surface area contributed by atoms with Crippen molar-refractivity contribution in [2.24, 2.45) is 0 Å². The van der Waals surface area contributed by atoms with Crippen LogP contribution in [0.25, 0.3) is 21.7 Å². The number of allylic oxidation sites excluding steroid dienone is 14. The Labute approximate surface area is 305 Å². The second-order valence-electron chi connectivity index (χ2n) is 13.3. The van der Waals surface area contributed by atoms with Gasteiger partial charge < -0.3 is 9.80 Å². The van der Waals surface area contributed by atoms with Crippen LogP contribution in [-0.2, 0) is 6.42 Å². The molecule has 2 aliphatic heterocycles. The Balaban J connectivity index is 1.30. The molecule has 0 spiro atoms. The third kappa shape index (κ3) is 5.98. The largest absolute Gasteiger partial charge is 0.341 e. The van der Waals surface area contributed by atoms with E-state index < -0.39 is 0 Å². The molecular formula is C47H41N3S. The number of anilines is 2. The van der Waals surface area contributed by atoms with Gasteiger partial charge in [0.1, 0.15) is 0 Å². The maximum absolute atomic E-state index is 10.8. The smallest absolute Gasteiger partial charge is 0.0954 e. The maximum Gasteiger partial charge on any atom is 0.0954 e. The molecule has 1 aromatic heterocycles. The van der Waals surface area contributed by atoms with E-state index in [-0.39, 0.29) is 5.92 Å². The lowest BCUT2D eigenvalue weighted by Crippen LogP contribution is -2.27. The van der Waals surface area contributed by atoms with Crippen LogP contribution in [0.1, 0.15) is 60.6 Å². The highest BCUT2D eigenvalue weighted by atomic mass is 32.1. The number of thiophene rings is 1. The standard InChI is InChI=1S/C47H41N3S/c1-3-17-35(32-48)46(42(4-2)50-37-22-12-11-19-34(30-37)38-23-13-14-26-43(38)50)41-25-16-24-40-39-28-27-33-18-8-5-6-15-29-49(36-20-9-7-10-21-36)44(33)31-45(39)51-47(40)41/h4-16,19-28,30,34H,3,17-18,29,31H2,1-2H3/b8-5-,15-6-,42-4+,46-35+. The van der Waals surface area contributed by atoms with E-state index in [4.69, 9.17) is 0 Å². The average molecular weight is 680 g/mol. The summed E-state index contributed by atoms with van der Waals surface area (Å²) < 4.78 is 1.23. The third-order valence-electron chi connectivity index (χ3n) is 10.2. The van der Waals surface area contributed by atoms with Crippen LogP contribution in [0.5, 0.6) is 0 Å². The number of hydrogen-bond donors (Lipinski definition) is 0. The molecule has 8 rings (SSSR count). The minimum Gasteiger partial charge on any atom is -0.341 e. The van der Waals surface area contributed by atoms with Gasteiger partial charge in [-0.05, 0) is 66.8 Å². The van der Waals surface area contributed by atoms with Crippen molar-refractivity contribution >= 4 is 44.4 Å². The van der Waals surface area contributed by atoms with E-state index in [0.717, 1.165) is 59.6 Å². The lowest BCUT2D eigenvalue weighted by Gasteiger charge is -2.36. The molecule has 51 heavy (non-hydrogen) atoms. The first-order valence-corrected chi connectivity index (χ1v) is 18.9. The molecule has 3 heterocycles. The van der Waals surface area contributed by atoms with Crippen molar-refractivity contribution in [1.82, 2.24) is 0 Å². The van der Waals surface area contributed by atoms with Crippen LogP contribution in [-0.4, -0.2) is 6.54 Å². The molecule has 0 radical (unpaired) electrons. The fourth-order valence-electron chi connectivity index (χ4n) is 7.88. The molecule has 3 aromatic carbocycles. The quantitative estimate of drug-likeness (QED) is 0.150. The van der Waals surface area contributed by atoms with Crippen molar-refractivity contribution in [3.8, 4) is 6.07 Å². The van der Waals surface area contributed by atoms with E-state index in [1.54, 1.807) is 0 Å². The molecule has 0 saturated heterocycles. The third-order valence-corrected chi connectivity index (χ3v) is 11.5. The van der Waals surface area contributed by atoms with Crippen molar-refractivity contribution in [3.63, 3.8) is 0 Å². The maximum atomic E-state index is 10.8. The van der Waals surface area contributed by atoms with E-state index in [1.807, 2.05) is 11.3 Å². The van der Waals surface area contributed by atoms with E-state index in [9.17, 15) is 5.26 Å². The molecule has 4 heteroatoms. The fraction of sp³-hybridized carbons (Fsp3) is 0.170. The molecule has 1 atom stereocenters. The summed E-state index contributed by atoms with van der Waals surface area (Å²) in [7, 11) is 0. The Morgan fingerprint density at radius 1 is 0.922 bits per heavy atom. The number of hydrogen-bond acceptors (Lipinski definition) is 4. The number of benzene rings is 3. The number of para-hydroxylation sites is 2. The second-order valence-corrected chi connectivity index (χ2v) is 14.4. The number of nitrogens with zero attached hydrogens (tertiary/aromatic N) is 3.